The van der Waals surface area contributed by atoms with Gasteiger partial charge >= 0.3 is 0 Å². The van der Waals surface area contributed by atoms with Crippen molar-refractivity contribution < 1.29 is 0 Å². The standard InChI is InChI=1S/C31H60/c1-3-5-7-9-11-13-15-17-19-21-23-25-27-29-31-30-28-26-24-22-20-18-16-14-12-10-8-6-4-2/h13,15,29,31H,3-12,14,16-28,30H2,1-2H3/b15-13-,31-29-. The van der Waals surface area contributed by atoms with Crippen LogP contribution in [0.3, 0.4) is 0 Å². The number of hydrogen-bond acceptors (Lipinski definition) is 0. The highest BCUT2D eigenvalue weighted by Crippen LogP contribution is 2.13. The van der Waals surface area contributed by atoms with Gasteiger partial charge in [-0.3, -0.25) is 0 Å². The minimum atomic E-state index is 1.29. The number of allylic oxidation sites excluding steroid dienone is 4. The Bertz CT molecular complexity index is 351. The summed E-state index contributed by atoms with van der Waals surface area (Å²) in [7, 11) is 0. The maximum Gasteiger partial charge on any atom is -0.0351 e. The van der Waals surface area contributed by atoms with Crippen molar-refractivity contribution in [3.63, 3.8) is 0 Å². The Labute approximate surface area is 198 Å². The molecule has 0 fully saturated rings. The third kappa shape index (κ3) is 29.5. The molecule has 0 N–H and O–H groups in total. The lowest BCUT2D eigenvalue weighted by Gasteiger charge is -2.02. The van der Waals surface area contributed by atoms with Gasteiger partial charge in [-0.15, -0.1) is 0 Å². The van der Waals surface area contributed by atoms with Crippen molar-refractivity contribution in [3.05, 3.63) is 24.3 Å². The van der Waals surface area contributed by atoms with Crippen LogP contribution in [0.4, 0.5) is 0 Å². The summed E-state index contributed by atoms with van der Waals surface area (Å²) in [5.41, 5.74) is 0. The van der Waals surface area contributed by atoms with Gasteiger partial charge in [0, 0.05) is 0 Å². The molecule has 0 unspecified atom stereocenters. The van der Waals surface area contributed by atoms with Gasteiger partial charge in [-0.2, -0.15) is 0 Å². The molecule has 0 aliphatic carbocycles. The van der Waals surface area contributed by atoms with Gasteiger partial charge in [0.05, 0.1) is 0 Å². The Morgan fingerprint density at radius 3 is 0.710 bits per heavy atom. The van der Waals surface area contributed by atoms with Crippen molar-refractivity contribution in [3.8, 4) is 0 Å². The fourth-order valence-electron chi connectivity index (χ4n) is 4.32. The summed E-state index contributed by atoms with van der Waals surface area (Å²) < 4.78 is 0. The van der Waals surface area contributed by atoms with Crippen molar-refractivity contribution in [1.29, 1.82) is 0 Å². The Morgan fingerprint density at radius 1 is 0.258 bits per heavy atom. The van der Waals surface area contributed by atoms with Crippen LogP contribution < -0.4 is 0 Å². The second kappa shape index (κ2) is 29.5. The highest BCUT2D eigenvalue weighted by Gasteiger charge is 1.93. The van der Waals surface area contributed by atoms with E-state index in [1.54, 1.807) is 0 Å². The molecular weight excluding hydrogens is 372 g/mol. The molecule has 0 radical (unpaired) electrons. The van der Waals surface area contributed by atoms with Crippen molar-refractivity contribution in [2.24, 2.45) is 0 Å². The van der Waals surface area contributed by atoms with E-state index in [9.17, 15) is 0 Å². The van der Waals surface area contributed by atoms with Crippen LogP contribution in [0.5, 0.6) is 0 Å². The molecule has 0 aromatic rings. The van der Waals surface area contributed by atoms with E-state index < -0.39 is 0 Å². The average molecular weight is 433 g/mol. The van der Waals surface area contributed by atoms with Crippen LogP contribution >= 0.6 is 0 Å². The normalized spacial score (nSPS) is 11.9. The van der Waals surface area contributed by atoms with Crippen LogP contribution in [0.2, 0.25) is 0 Å². The van der Waals surface area contributed by atoms with Crippen LogP contribution in [0.1, 0.15) is 174 Å². The van der Waals surface area contributed by atoms with E-state index in [1.165, 1.54) is 161 Å². The molecule has 0 amide bonds. The molecule has 0 aliphatic heterocycles. The maximum atomic E-state index is 2.44. The smallest absolute Gasteiger partial charge is 0.0351 e. The van der Waals surface area contributed by atoms with Gasteiger partial charge in [0.25, 0.3) is 0 Å². The lowest BCUT2D eigenvalue weighted by molar-refractivity contribution is 0.540. The Kier molecular flexibility index (Phi) is 29.0. The molecule has 0 heterocycles. The first-order chi connectivity index (χ1) is 15.4. The molecule has 0 rings (SSSR count). The first-order valence-corrected chi connectivity index (χ1v) is 14.7. The summed E-state index contributed by atoms with van der Waals surface area (Å²) in [5.74, 6) is 0. The third-order valence-electron chi connectivity index (χ3n) is 6.52. The summed E-state index contributed by atoms with van der Waals surface area (Å²) in [4.78, 5) is 0. The Balaban J connectivity index is 3.11. The highest BCUT2D eigenvalue weighted by atomic mass is 14.0. The van der Waals surface area contributed by atoms with Gasteiger partial charge in [0.1, 0.15) is 0 Å². The summed E-state index contributed by atoms with van der Waals surface area (Å²) >= 11 is 0. The fraction of sp³-hybridized carbons (Fsp3) is 0.871. The molecule has 0 spiro atoms. The minimum Gasteiger partial charge on any atom is -0.0885 e. The molecule has 0 saturated heterocycles. The second-order valence-electron chi connectivity index (χ2n) is 9.82. The van der Waals surface area contributed by atoms with Gasteiger partial charge in [-0.25, -0.2) is 0 Å². The van der Waals surface area contributed by atoms with Gasteiger partial charge < -0.3 is 0 Å². The first-order valence-electron chi connectivity index (χ1n) is 14.7. The van der Waals surface area contributed by atoms with Gasteiger partial charge in [0.2, 0.25) is 0 Å². The van der Waals surface area contributed by atoms with Crippen LogP contribution in [-0.4, -0.2) is 0 Å². The van der Waals surface area contributed by atoms with E-state index in [2.05, 4.69) is 38.2 Å². The molecule has 31 heavy (non-hydrogen) atoms. The highest BCUT2D eigenvalue weighted by molar-refractivity contribution is 4.82. The number of rotatable bonds is 26. The monoisotopic (exact) mass is 432 g/mol. The molecular formula is C31H60. The van der Waals surface area contributed by atoms with Crippen LogP contribution in [0, 0.1) is 0 Å². The molecule has 0 aromatic carbocycles. The lowest BCUT2D eigenvalue weighted by atomic mass is 10.0. The van der Waals surface area contributed by atoms with Crippen molar-refractivity contribution in [1.82, 2.24) is 0 Å². The van der Waals surface area contributed by atoms with E-state index in [1.807, 2.05) is 0 Å². The largest absolute Gasteiger partial charge is 0.0885 e. The molecule has 0 nitrogen and oxygen atoms in total. The average Bonchev–Trinajstić information content (AvgIpc) is 2.78. The van der Waals surface area contributed by atoms with E-state index in [4.69, 9.17) is 0 Å². The maximum absolute atomic E-state index is 2.44. The van der Waals surface area contributed by atoms with E-state index >= 15 is 0 Å². The summed E-state index contributed by atoms with van der Waals surface area (Å²) in [5, 5.41) is 0. The zero-order valence-electron chi connectivity index (χ0n) is 22.0. The molecule has 0 bridgehead atoms. The first kappa shape index (κ1) is 30.5. The van der Waals surface area contributed by atoms with Crippen molar-refractivity contribution in [2.45, 2.75) is 174 Å². The predicted molar refractivity (Wildman–Crippen MR) is 145 cm³/mol. The Morgan fingerprint density at radius 2 is 0.452 bits per heavy atom. The van der Waals surface area contributed by atoms with E-state index in [0.717, 1.165) is 0 Å². The van der Waals surface area contributed by atoms with Crippen molar-refractivity contribution >= 4 is 0 Å². The van der Waals surface area contributed by atoms with E-state index in [-0.39, 0.29) is 0 Å². The molecule has 0 heteroatoms. The molecule has 0 atom stereocenters. The topological polar surface area (TPSA) is 0 Å². The zero-order chi connectivity index (χ0) is 22.5. The summed E-state index contributed by atoms with van der Waals surface area (Å²) in [6.07, 6.45) is 44.9. The number of unbranched alkanes of at least 4 members (excludes halogenated alkanes) is 22. The quantitative estimate of drug-likeness (QED) is 0.0941. The third-order valence-corrected chi connectivity index (χ3v) is 6.52. The predicted octanol–water partition coefficient (Wildman–Crippen LogP) is 11.9. The SMILES string of the molecule is CCCCCC/C=C\CCCCCC/C=C\CCCCCCCCCCCCCCC. The second-order valence-corrected chi connectivity index (χ2v) is 9.82. The van der Waals surface area contributed by atoms with Crippen LogP contribution in [0.25, 0.3) is 0 Å². The summed E-state index contributed by atoms with van der Waals surface area (Å²) in [6, 6.07) is 0. The number of hydrogen-bond donors (Lipinski definition) is 0. The molecule has 0 aliphatic rings. The molecule has 184 valence electrons. The molecule has 0 saturated carbocycles. The fourth-order valence-corrected chi connectivity index (χ4v) is 4.32. The van der Waals surface area contributed by atoms with Gasteiger partial charge in [0.15, 0.2) is 0 Å². The van der Waals surface area contributed by atoms with Crippen LogP contribution in [0.15, 0.2) is 24.3 Å². The van der Waals surface area contributed by atoms with Gasteiger partial charge in [-0.1, -0.05) is 147 Å². The summed E-state index contributed by atoms with van der Waals surface area (Å²) in [6.45, 7) is 4.58. The zero-order valence-corrected chi connectivity index (χ0v) is 22.0. The Hall–Kier alpha value is -0.520. The van der Waals surface area contributed by atoms with Gasteiger partial charge in [-0.05, 0) is 51.4 Å². The van der Waals surface area contributed by atoms with Crippen LogP contribution in [-0.2, 0) is 0 Å². The molecule has 0 aromatic heterocycles. The van der Waals surface area contributed by atoms with E-state index in [0.29, 0.717) is 0 Å². The van der Waals surface area contributed by atoms with Crippen molar-refractivity contribution in [2.75, 3.05) is 0 Å². The minimum absolute atomic E-state index is 1.29. The lowest BCUT2D eigenvalue weighted by Crippen LogP contribution is -1.82.